The van der Waals surface area contributed by atoms with Gasteiger partial charge in [-0.1, -0.05) is 68.3 Å². The highest BCUT2D eigenvalue weighted by Gasteiger charge is 1.97. The fraction of sp³-hybridized carbons (Fsp3) is 0.182. The van der Waals surface area contributed by atoms with Crippen molar-refractivity contribution in [3.8, 4) is 0 Å². The summed E-state index contributed by atoms with van der Waals surface area (Å²) in [6, 6.07) is 21.0. The number of alkyl halides is 2. The summed E-state index contributed by atoms with van der Waals surface area (Å²) < 4.78 is 0. The number of aryl methyl sites for hydroxylation is 2. The van der Waals surface area contributed by atoms with Crippen molar-refractivity contribution in [3.05, 3.63) is 83.2 Å². The van der Waals surface area contributed by atoms with Crippen LogP contribution in [0.25, 0.3) is 21.8 Å². The molecule has 0 aliphatic carbocycles. The average Bonchev–Trinajstić information content (AvgIpc) is 2.67. The van der Waals surface area contributed by atoms with Gasteiger partial charge >= 0.3 is 0 Å². The van der Waals surface area contributed by atoms with Crippen molar-refractivity contribution in [1.82, 2.24) is 9.97 Å². The molecule has 2 heterocycles. The molecule has 0 atom stereocenters. The Morgan fingerprint density at radius 2 is 1.35 bits per heavy atom. The van der Waals surface area contributed by atoms with Crippen LogP contribution in [0.1, 0.15) is 22.5 Å². The predicted molar refractivity (Wildman–Crippen MR) is 118 cm³/mol. The van der Waals surface area contributed by atoms with Crippen LogP contribution < -0.4 is 0 Å². The molecule has 26 heavy (non-hydrogen) atoms. The van der Waals surface area contributed by atoms with Crippen LogP contribution in [-0.4, -0.2) is 9.97 Å². The van der Waals surface area contributed by atoms with E-state index in [1.54, 1.807) is 0 Å². The Kier molecular flexibility index (Phi) is 6.38. The second-order valence-corrected chi connectivity index (χ2v) is 7.37. The lowest BCUT2D eigenvalue weighted by molar-refractivity contribution is 1.23. The number of hydrogen-bond donors (Lipinski definition) is 0. The van der Waals surface area contributed by atoms with E-state index in [-0.39, 0.29) is 0 Å². The van der Waals surface area contributed by atoms with Crippen molar-refractivity contribution in [3.63, 3.8) is 0 Å². The maximum absolute atomic E-state index is 4.51. The molecule has 0 saturated heterocycles. The van der Waals surface area contributed by atoms with Crippen molar-refractivity contribution >= 4 is 53.7 Å². The number of rotatable bonds is 2. The largest absolute Gasteiger partial charge is 0.253 e. The minimum Gasteiger partial charge on any atom is -0.253 e. The number of nitrogens with zero attached hydrogens (tertiary/aromatic N) is 2. The van der Waals surface area contributed by atoms with E-state index in [1.807, 2.05) is 19.1 Å². The highest BCUT2D eigenvalue weighted by atomic mass is 79.9. The van der Waals surface area contributed by atoms with E-state index < -0.39 is 0 Å². The lowest BCUT2D eigenvalue weighted by Crippen LogP contribution is -1.86. The molecule has 4 aromatic rings. The molecule has 4 rings (SSSR count). The summed E-state index contributed by atoms with van der Waals surface area (Å²) in [4.78, 5) is 8.97. The predicted octanol–water partition coefficient (Wildman–Crippen LogP) is 6.88. The van der Waals surface area contributed by atoms with Gasteiger partial charge in [0.25, 0.3) is 0 Å². The van der Waals surface area contributed by atoms with Gasteiger partial charge in [0.05, 0.1) is 16.7 Å². The average molecular weight is 472 g/mol. The second kappa shape index (κ2) is 8.74. The van der Waals surface area contributed by atoms with Gasteiger partial charge in [0.1, 0.15) is 0 Å². The van der Waals surface area contributed by atoms with E-state index in [0.717, 1.165) is 33.1 Å². The van der Waals surface area contributed by atoms with E-state index in [2.05, 4.69) is 97.3 Å². The molecule has 0 aliphatic rings. The summed E-state index contributed by atoms with van der Waals surface area (Å²) in [5.74, 6) is 0. The van der Waals surface area contributed by atoms with E-state index in [1.165, 1.54) is 21.9 Å². The molecule has 0 unspecified atom stereocenters. The van der Waals surface area contributed by atoms with Crippen LogP contribution in [0.3, 0.4) is 0 Å². The number of benzene rings is 2. The zero-order chi connectivity index (χ0) is 18.5. The van der Waals surface area contributed by atoms with Crippen molar-refractivity contribution < 1.29 is 0 Å². The molecule has 4 heteroatoms. The fourth-order valence-corrected chi connectivity index (χ4v) is 3.35. The van der Waals surface area contributed by atoms with Crippen LogP contribution in [0.5, 0.6) is 0 Å². The van der Waals surface area contributed by atoms with Crippen LogP contribution in [0.2, 0.25) is 0 Å². The first kappa shape index (κ1) is 19.0. The van der Waals surface area contributed by atoms with Crippen LogP contribution in [0.15, 0.2) is 60.7 Å². The van der Waals surface area contributed by atoms with Gasteiger partial charge in [-0.2, -0.15) is 0 Å². The molecule has 2 aromatic carbocycles. The number of fused-ring (bicyclic) bond motifs is 2. The molecule has 132 valence electrons. The Bertz CT molecular complexity index is 959. The SMILES string of the molecule is Cc1ccc2ccc(CBr)cc2n1.Cc1ccc2ccc(CBr)nc2c1. The van der Waals surface area contributed by atoms with E-state index >= 15 is 0 Å². The van der Waals surface area contributed by atoms with E-state index in [0.29, 0.717) is 0 Å². The van der Waals surface area contributed by atoms with Crippen molar-refractivity contribution in [2.45, 2.75) is 24.5 Å². The van der Waals surface area contributed by atoms with Gasteiger partial charge in [0.2, 0.25) is 0 Å². The second-order valence-electron chi connectivity index (χ2n) is 6.25. The maximum atomic E-state index is 4.51. The summed E-state index contributed by atoms with van der Waals surface area (Å²) in [7, 11) is 0. The highest BCUT2D eigenvalue weighted by molar-refractivity contribution is 9.08. The Balaban J connectivity index is 0.000000151. The molecular formula is C22H20Br2N2. The van der Waals surface area contributed by atoms with Gasteiger partial charge in [-0.15, -0.1) is 0 Å². The van der Waals surface area contributed by atoms with Crippen LogP contribution in [-0.2, 0) is 10.7 Å². The zero-order valence-electron chi connectivity index (χ0n) is 14.8. The number of aromatic nitrogens is 2. The molecule has 0 radical (unpaired) electrons. The van der Waals surface area contributed by atoms with Crippen LogP contribution in [0, 0.1) is 13.8 Å². The van der Waals surface area contributed by atoms with Crippen LogP contribution >= 0.6 is 31.9 Å². The minimum absolute atomic E-state index is 0.816. The summed E-state index contributed by atoms with van der Waals surface area (Å²) in [6.07, 6.45) is 0. The Morgan fingerprint density at radius 3 is 2.08 bits per heavy atom. The van der Waals surface area contributed by atoms with Crippen molar-refractivity contribution in [2.24, 2.45) is 0 Å². The maximum Gasteiger partial charge on any atom is 0.0708 e. The topological polar surface area (TPSA) is 25.8 Å². The first-order valence-corrected chi connectivity index (χ1v) is 10.7. The molecule has 0 saturated carbocycles. The van der Waals surface area contributed by atoms with Crippen molar-refractivity contribution in [1.29, 1.82) is 0 Å². The lowest BCUT2D eigenvalue weighted by atomic mass is 10.1. The minimum atomic E-state index is 0.816. The smallest absolute Gasteiger partial charge is 0.0708 e. The van der Waals surface area contributed by atoms with E-state index in [9.17, 15) is 0 Å². The van der Waals surface area contributed by atoms with E-state index in [4.69, 9.17) is 0 Å². The van der Waals surface area contributed by atoms with Crippen LogP contribution in [0.4, 0.5) is 0 Å². The molecule has 2 nitrogen and oxygen atoms in total. The molecule has 0 fully saturated rings. The molecular weight excluding hydrogens is 452 g/mol. The Labute approximate surface area is 170 Å². The normalized spacial score (nSPS) is 10.6. The molecule has 0 N–H and O–H groups in total. The highest BCUT2D eigenvalue weighted by Crippen LogP contribution is 2.16. The summed E-state index contributed by atoms with van der Waals surface area (Å²) >= 11 is 6.83. The third-order valence-corrected chi connectivity index (χ3v) is 5.31. The van der Waals surface area contributed by atoms with Gasteiger partial charge in [0.15, 0.2) is 0 Å². The number of hydrogen-bond acceptors (Lipinski definition) is 2. The van der Waals surface area contributed by atoms with Gasteiger partial charge < -0.3 is 0 Å². The standard InChI is InChI=1S/2C11H10BrN/c1-8-2-4-10-5-3-9(7-12)6-11(10)13-8;1-8-2-3-9-4-5-10(7-12)13-11(9)6-8/h2*2-6H,7H2,1H3. The van der Waals surface area contributed by atoms with Gasteiger partial charge in [-0.25, -0.2) is 0 Å². The summed E-state index contributed by atoms with van der Waals surface area (Å²) in [6.45, 7) is 4.10. The third-order valence-electron chi connectivity index (χ3n) is 4.09. The first-order chi connectivity index (χ1) is 12.6. The lowest BCUT2D eigenvalue weighted by Gasteiger charge is -2.00. The Morgan fingerprint density at radius 1 is 0.692 bits per heavy atom. The number of pyridine rings is 2. The molecule has 2 aromatic heterocycles. The van der Waals surface area contributed by atoms with Gasteiger partial charge in [-0.3, -0.25) is 9.97 Å². The molecule has 0 amide bonds. The summed E-state index contributed by atoms with van der Waals surface area (Å²) in [5, 5.41) is 4.11. The Hall–Kier alpha value is -1.78. The van der Waals surface area contributed by atoms with Gasteiger partial charge in [0, 0.05) is 27.1 Å². The third kappa shape index (κ3) is 4.68. The number of halogens is 2. The monoisotopic (exact) mass is 470 g/mol. The molecule has 0 aliphatic heterocycles. The van der Waals surface area contributed by atoms with Gasteiger partial charge in [-0.05, 0) is 49.2 Å². The van der Waals surface area contributed by atoms with Crippen molar-refractivity contribution in [2.75, 3.05) is 0 Å². The zero-order valence-corrected chi connectivity index (χ0v) is 18.0. The first-order valence-electron chi connectivity index (χ1n) is 8.43. The summed E-state index contributed by atoms with van der Waals surface area (Å²) in [5.41, 5.74) is 6.84. The molecule has 0 bridgehead atoms. The molecule has 0 spiro atoms. The quantitative estimate of drug-likeness (QED) is 0.298. The fourth-order valence-electron chi connectivity index (χ4n) is 2.69.